The largest absolute Gasteiger partial charge is 0 e. The monoisotopic (exact) mass is 761 g/mol. The standard InChI is InChI=1S/2Pt.Re.W. The molecule has 0 heterocycles. The second-order valence-corrected chi connectivity index (χ2v) is 0. The van der Waals surface area contributed by atoms with E-state index in [9.17, 15) is 0 Å². The van der Waals surface area contributed by atoms with Crippen molar-refractivity contribution in [2.75, 3.05) is 0 Å². The van der Waals surface area contributed by atoms with Gasteiger partial charge in [0.1, 0.15) is 0 Å². The summed E-state index contributed by atoms with van der Waals surface area (Å²) in [4.78, 5) is 0. The van der Waals surface area contributed by atoms with Crippen molar-refractivity contribution in [1.82, 2.24) is 0 Å². The quantitative estimate of drug-likeness (QED) is 0.327. The van der Waals surface area contributed by atoms with Crippen LogP contribution in [0.25, 0.3) is 0 Å². The Labute approximate surface area is 82.3 Å². The zero-order valence-electron chi connectivity index (χ0n) is 1.42. The summed E-state index contributed by atoms with van der Waals surface area (Å²) < 4.78 is 0. The molecule has 0 N–H and O–H groups in total. The van der Waals surface area contributed by atoms with E-state index in [1.165, 1.54) is 0 Å². The molecule has 0 aromatic rings. The summed E-state index contributed by atoms with van der Waals surface area (Å²) in [5, 5.41) is 0. The zero-order valence-corrected chi connectivity index (χ0v) is 11.6. The van der Waals surface area contributed by atoms with E-state index in [1.54, 1.807) is 0 Å². The van der Waals surface area contributed by atoms with E-state index in [4.69, 9.17) is 0 Å². The molecule has 0 spiro atoms. The molecular weight excluding hydrogens is 760 g/mol. The SMILES string of the molecule is [Pt].[Pt].[Re].[W]. The van der Waals surface area contributed by atoms with Gasteiger partial charge in [-0.2, -0.15) is 0 Å². The van der Waals surface area contributed by atoms with Gasteiger partial charge in [-0.3, -0.25) is 0 Å². The maximum absolute atomic E-state index is 0. The van der Waals surface area contributed by atoms with Crippen molar-refractivity contribution in [2.45, 2.75) is 0 Å². The number of hydrogen-bond donors (Lipinski definition) is 0. The molecule has 0 aliphatic rings. The van der Waals surface area contributed by atoms with Crippen molar-refractivity contribution in [1.29, 1.82) is 0 Å². The van der Waals surface area contributed by atoms with Crippen LogP contribution in [0.3, 0.4) is 0 Å². The second-order valence-electron chi connectivity index (χ2n) is 0. The van der Waals surface area contributed by atoms with Crippen molar-refractivity contribution in [2.24, 2.45) is 0 Å². The Morgan fingerprint density at radius 1 is 0.750 bits per heavy atom. The zero-order chi connectivity index (χ0) is 0. The van der Waals surface area contributed by atoms with Crippen LogP contribution in [-0.2, 0) is 83.6 Å². The normalized spacial score (nSPS) is 0. The summed E-state index contributed by atoms with van der Waals surface area (Å²) in [5.41, 5.74) is 0. The fourth-order valence-corrected chi connectivity index (χ4v) is 0. The number of rotatable bonds is 0. The average Bonchev–Trinajstić information content (AvgIpc) is 0. The van der Waals surface area contributed by atoms with E-state index < -0.39 is 0 Å². The molecule has 0 aromatic heterocycles. The third-order valence-corrected chi connectivity index (χ3v) is 0. The van der Waals surface area contributed by atoms with Crippen LogP contribution >= 0.6 is 0 Å². The minimum atomic E-state index is 0. The Morgan fingerprint density at radius 2 is 0.750 bits per heavy atom. The van der Waals surface area contributed by atoms with Crippen LogP contribution in [0, 0.1) is 0 Å². The molecule has 0 unspecified atom stereocenters. The maximum atomic E-state index is 0. The molecule has 0 aromatic carbocycles. The summed E-state index contributed by atoms with van der Waals surface area (Å²) in [6.07, 6.45) is 0. The van der Waals surface area contributed by atoms with Crippen LogP contribution < -0.4 is 0 Å². The Balaban J connectivity index is 0. The minimum Gasteiger partial charge on any atom is 0 e. The molecule has 4 heteroatoms. The molecule has 0 bridgehead atoms. The van der Waals surface area contributed by atoms with Gasteiger partial charge < -0.3 is 0 Å². The van der Waals surface area contributed by atoms with E-state index in [0.29, 0.717) is 0 Å². The van der Waals surface area contributed by atoms with Gasteiger partial charge in [-0.15, -0.1) is 0 Å². The Morgan fingerprint density at radius 3 is 0.750 bits per heavy atom. The Bertz CT molecular complexity index is 6.00. The topological polar surface area (TPSA) is 0 Å². The summed E-state index contributed by atoms with van der Waals surface area (Å²) in [7, 11) is 0. The predicted molar refractivity (Wildman–Crippen MR) is 0 cm³/mol. The second kappa shape index (κ2) is 17.2. The third kappa shape index (κ3) is 8.83. The Kier molecular flexibility index (Phi) is 128. The van der Waals surface area contributed by atoms with E-state index >= 15 is 0 Å². The molecule has 0 atom stereocenters. The van der Waals surface area contributed by atoms with Crippen LogP contribution in [0.5, 0.6) is 0 Å². The smallest absolute Gasteiger partial charge is 0 e. The van der Waals surface area contributed by atoms with Crippen molar-refractivity contribution < 1.29 is 83.6 Å². The molecule has 0 fully saturated rings. The van der Waals surface area contributed by atoms with Crippen LogP contribution in [0.2, 0.25) is 0 Å². The van der Waals surface area contributed by atoms with Crippen LogP contribution in [0.4, 0.5) is 0 Å². The summed E-state index contributed by atoms with van der Waals surface area (Å²) in [6.45, 7) is 0. The summed E-state index contributed by atoms with van der Waals surface area (Å²) in [5.74, 6) is 0. The van der Waals surface area contributed by atoms with E-state index in [-0.39, 0.29) is 83.6 Å². The molecule has 1 radical (unpaired) electrons. The summed E-state index contributed by atoms with van der Waals surface area (Å²) >= 11 is 0. The fraction of sp³-hybridized carbons (Fsp3) is 0. The molecule has 0 rings (SSSR count). The molecule has 0 nitrogen and oxygen atoms in total. The first kappa shape index (κ1) is 29.7. The predicted octanol–water partition coefficient (Wildman–Crippen LogP) is -0.0100. The molecule has 4 heavy (non-hydrogen) atoms. The van der Waals surface area contributed by atoms with Crippen molar-refractivity contribution in [3.63, 3.8) is 0 Å². The van der Waals surface area contributed by atoms with Crippen LogP contribution in [0.1, 0.15) is 0 Å². The molecule has 0 amide bonds. The molecule has 0 saturated carbocycles. The van der Waals surface area contributed by atoms with Gasteiger partial charge in [0.2, 0.25) is 0 Å². The van der Waals surface area contributed by atoms with Gasteiger partial charge in [0, 0.05) is 83.6 Å². The maximum Gasteiger partial charge on any atom is 0 e. The molecule has 33 valence electrons. The van der Waals surface area contributed by atoms with Crippen LogP contribution in [0.15, 0.2) is 0 Å². The van der Waals surface area contributed by atoms with Crippen molar-refractivity contribution >= 4 is 0 Å². The first-order valence-electron chi connectivity index (χ1n) is 0. The van der Waals surface area contributed by atoms with Crippen molar-refractivity contribution in [3.8, 4) is 0 Å². The average molecular weight is 760 g/mol. The molecule has 0 saturated heterocycles. The van der Waals surface area contributed by atoms with Gasteiger partial charge in [0.05, 0.1) is 0 Å². The number of hydrogen-bond acceptors (Lipinski definition) is 0. The van der Waals surface area contributed by atoms with Gasteiger partial charge in [-0.25, -0.2) is 0 Å². The first-order chi connectivity index (χ1) is 0. The van der Waals surface area contributed by atoms with Gasteiger partial charge >= 0.3 is 0 Å². The van der Waals surface area contributed by atoms with E-state index in [2.05, 4.69) is 0 Å². The minimum absolute atomic E-state index is 0. The van der Waals surface area contributed by atoms with E-state index in [0.717, 1.165) is 0 Å². The van der Waals surface area contributed by atoms with Gasteiger partial charge in [-0.1, -0.05) is 0 Å². The van der Waals surface area contributed by atoms with E-state index in [1.807, 2.05) is 0 Å². The Hall–Kier alpha value is 2.73. The van der Waals surface area contributed by atoms with Gasteiger partial charge in [0.25, 0.3) is 0 Å². The van der Waals surface area contributed by atoms with Crippen molar-refractivity contribution in [3.05, 3.63) is 0 Å². The van der Waals surface area contributed by atoms with Gasteiger partial charge in [0.15, 0.2) is 0 Å². The molecule has 0 aliphatic carbocycles. The fourth-order valence-electron chi connectivity index (χ4n) is 0. The first-order valence-corrected chi connectivity index (χ1v) is 0. The van der Waals surface area contributed by atoms with Gasteiger partial charge in [-0.05, 0) is 0 Å². The van der Waals surface area contributed by atoms with Crippen LogP contribution in [-0.4, -0.2) is 0 Å². The molecular formula is Pt2ReW. The molecule has 0 aliphatic heterocycles. The summed E-state index contributed by atoms with van der Waals surface area (Å²) in [6, 6.07) is 0. The third-order valence-electron chi connectivity index (χ3n) is 0.